The van der Waals surface area contributed by atoms with E-state index in [1.54, 1.807) is 0 Å². The molecule has 1 amide bonds. The van der Waals surface area contributed by atoms with E-state index >= 15 is 0 Å². The number of nitrogens with two attached hydrogens (primary N) is 1. The number of hydrogen-bond acceptors (Lipinski definition) is 2. The summed E-state index contributed by atoms with van der Waals surface area (Å²) in [6, 6.07) is -0.143. The summed E-state index contributed by atoms with van der Waals surface area (Å²) < 4.78 is 0. The molecule has 0 aromatic rings. The molecule has 3 N–H and O–H groups in total. The molecular formula is C11H24N2O. The van der Waals surface area contributed by atoms with E-state index in [4.69, 9.17) is 5.73 Å². The SMILES string of the molecule is CCC(NC(=O)C(N)C(C)C)C(C)C. The number of carbonyl (C=O) groups is 1. The molecule has 0 fully saturated rings. The van der Waals surface area contributed by atoms with Gasteiger partial charge in [-0.2, -0.15) is 0 Å². The van der Waals surface area contributed by atoms with Crippen LogP contribution in [-0.4, -0.2) is 18.0 Å². The van der Waals surface area contributed by atoms with Crippen LogP contribution in [0.3, 0.4) is 0 Å². The maximum absolute atomic E-state index is 11.6. The van der Waals surface area contributed by atoms with Crippen LogP contribution in [0.15, 0.2) is 0 Å². The molecule has 0 rings (SSSR count). The van der Waals surface area contributed by atoms with Crippen molar-refractivity contribution in [1.82, 2.24) is 5.32 Å². The zero-order valence-corrected chi connectivity index (χ0v) is 10.0. The predicted octanol–water partition coefficient (Wildman–Crippen LogP) is 1.52. The molecule has 0 spiro atoms. The lowest BCUT2D eigenvalue weighted by atomic mass is 9.99. The fraction of sp³-hybridized carbons (Fsp3) is 0.909. The van der Waals surface area contributed by atoms with Gasteiger partial charge in [0.2, 0.25) is 5.91 Å². The lowest BCUT2D eigenvalue weighted by Gasteiger charge is -2.24. The van der Waals surface area contributed by atoms with Gasteiger partial charge in [0.1, 0.15) is 0 Å². The Morgan fingerprint density at radius 2 is 1.71 bits per heavy atom. The summed E-state index contributed by atoms with van der Waals surface area (Å²) in [5, 5.41) is 2.98. The van der Waals surface area contributed by atoms with Gasteiger partial charge in [0, 0.05) is 6.04 Å². The highest BCUT2D eigenvalue weighted by atomic mass is 16.2. The van der Waals surface area contributed by atoms with E-state index in [0.717, 1.165) is 6.42 Å². The van der Waals surface area contributed by atoms with Crippen LogP contribution in [0.2, 0.25) is 0 Å². The van der Waals surface area contributed by atoms with Crippen LogP contribution >= 0.6 is 0 Å². The Kier molecular flexibility index (Phi) is 5.77. The third-order valence-corrected chi connectivity index (χ3v) is 2.59. The maximum atomic E-state index is 11.6. The maximum Gasteiger partial charge on any atom is 0.237 e. The lowest BCUT2D eigenvalue weighted by Crippen LogP contribution is -2.49. The molecule has 0 aliphatic carbocycles. The number of nitrogens with one attached hydrogen (secondary N) is 1. The second kappa shape index (κ2) is 6.02. The quantitative estimate of drug-likeness (QED) is 0.707. The summed E-state index contributed by atoms with van der Waals surface area (Å²) in [5.41, 5.74) is 5.75. The van der Waals surface area contributed by atoms with Crippen molar-refractivity contribution in [2.75, 3.05) is 0 Å². The number of rotatable bonds is 5. The first kappa shape index (κ1) is 13.4. The van der Waals surface area contributed by atoms with E-state index in [-0.39, 0.29) is 23.9 Å². The van der Waals surface area contributed by atoms with Crippen molar-refractivity contribution in [3.63, 3.8) is 0 Å². The van der Waals surface area contributed by atoms with Gasteiger partial charge >= 0.3 is 0 Å². The topological polar surface area (TPSA) is 55.1 Å². The average Bonchev–Trinajstić information content (AvgIpc) is 2.11. The smallest absolute Gasteiger partial charge is 0.237 e. The largest absolute Gasteiger partial charge is 0.352 e. The molecule has 0 aliphatic rings. The Labute approximate surface area is 87.4 Å². The van der Waals surface area contributed by atoms with Crippen LogP contribution in [-0.2, 0) is 4.79 Å². The zero-order valence-electron chi connectivity index (χ0n) is 10.0. The molecule has 2 unspecified atom stereocenters. The van der Waals surface area contributed by atoms with E-state index in [1.165, 1.54) is 0 Å². The van der Waals surface area contributed by atoms with Crippen molar-refractivity contribution in [2.45, 2.75) is 53.1 Å². The van der Waals surface area contributed by atoms with Gasteiger partial charge in [0.15, 0.2) is 0 Å². The van der Waals surface area contributed by atoms with Gasteiger partial charge in [0.25, 0.3) is 0 Å². The van der Waals surface area contributed by atoms with Crippen LogP contribution in [0.1, 0.15) is 41.0 Å². The molecule has 2 atom stereocenters. The van der Waals surface area contributed by atoms with Crippen molar-refractivity contribution in [3.05, 3.63) is 0 Å². The van der Waals surface area contributed by atoms with Crippen molar-refractivity contribution in [3.8, 4) is 0 Å². The summed E-state index contributed by atoms with van der Waals surface area (Å²) >= 11 is 0. The first-order valence-electron chi connectivity index (χ1n) is 5.46. The molecule has 0 heterocycles. The highest BCUT2D eigenvalue weighted by molar-refractivity contribution is 5.82. The molecular weight excluding hydrogens is 176 g/mol. The zero-order chi connectivity index (χ0) is 11.3. The molecule has 0 saturated heterocycles. The third-order valence-electron chi connectivity index (χ3n) is 2.59. The Balaban J connectivity index is 4.15. The van der Waals surface area contributed by atoms with Gasteiger partial charge in [-0.25, -0.2) is 0 Å². The minimum atomic E-state index is -0.386. The summed E-state index contributed by atoms with van der Waals surface area (Å²) in [6.45, 7) is 10.2. The van der Waals surface area contributed by atoms with Gasteiger partial charge in [0.05, 0.1) is 6.04 Å². The van der Waals surface area contributed by atoms with Crippen molar-refractivity contribution < 1.29 is 4.79 Å². The fourth-order valence-corrected chi connectivity index (χ4v) is 1.32. The molecule has 3 heteroatoms. The van der Waals surface area contributed by atoms with E-state index in [2.05, 4.69) is 26.1 Å². The van der Waals surface area contributed by atoms with Crippen molar-refractivity contribution in [2.24, 2.45) is 17.6 Å². The van der Waals surface area contributed by atoms with Gasteiger partial charge in [-0.15, -0.1) is 0 Å². The van der Waals surface area contributed by atoms with E-state index < -0.39 is 0 Å². The van der Waals surface area contributed by atoms with E-state index in [0.29, 0.717) is 5.92 Å². The molecule has 84 valence electrons. The highest BCUT2D eigenvalue weighted by Gasteiger charge is 2.21. The van der Waals surface area contributed by atoms with E-state index in [9.17, 15) is 4.79 Å². The Bertz CT molecular complexity index is 178. The van der Waals surface area contributed by atoms with Crippen LogP contribution in [0.5, 0.6) is 0 Å². The summed E-state index contributed by atoms with van der Waals surface area (Å²) in [5.74, 6) is 0.628. The molecule has 0 aromatic carbocycles. The number of amides is 1. The van der Waals surface area contributed by atoms with Crippen LogP contribution < -0.4 is 11.1 Å². The standard InChI is InChI=1S/C11H24N2O/c1-6-9(7(2)3)13-11(14)10(12)8(4)5/h7-10H,6,12H2,1-5H3,(H,13,14). The second-order valence-electron chi connectivity index (χ2n) is 4.54. The molecule has 0 bridgehead atoms. The summed E-state index contributed by atoms with van der Waals surface area (Å²) in [6.07, 6.45) is 0.953. The minimum absolute atomic E-state index is 0.0273. The van der Waals surface area contributed by atoms with Crippen LogP contribution in [0.4, 0.5) is 0 Å². The minimum Gasteiger partial charge on any atom is -0.352 e. The van der Waals surface area contributed by atoms with E-state index in [1.807, 2.05) is 13.8 Å². The average molecular weight is 200 g/mol. The molecule has 0 aromatic heterocycles. The lowest BCUT2D eigenvalue weighted by molar-refractivity contribution is -0.124. The normalized spacial score (nSPS) is 15.7. The Morgan fingerprint density at radius 1 is 1.21 bits per heavy atom. The van der Waals surface area contributed by atoms with Crippen molar-refractivity contribution >= 4 is 5.91 Å². The summed E-state index contributed by atoms with van der Waals surface area (Å²) in [4.78, 5) is 11.6. The van der Waals surface area contributed by atoms with Gasteiger partial charge in [-0.05, 0) is 18.3 Å². The second-order valence-corrected chi connectivity index (χ2v) is 4.54. The number of carbonyl (C=O) groups excluding carboxylic acids is 1. The third kappa shape index (κ3) is 4.09. The molecule has 0 saturated carbocycles. The van der Waals surface area contributed by atoms with Crippen LogP contribution in [0.25, 0.3) is 0 Å². The highest BCUT2D eigenvalue weighted by Crippen LogP contribution is 2.06. The van der Waals surface area contributed by atoms with Gasteiger partial charge in [-0.1, -0.05) is 34.6 Å². The first-order chi connectivity index (χ1) is 6.40. The first-order valence-corrected chi connectivity index (χ1v) is 5.46. The Hall–Kier alpha value is -0.570. The fourth-order valence-electron chi connectivity index (χ4n) is 1.32. The van der Waals surface area contributed by atoms with Gasteiger partial charge in [-0.3, -0.25) is 4.79 Å². The van der Waals surface area contributed by atoms with Crippen molar-refractivity contribution in [1.29, 1.82) is 0 Å². The summed E-state index contributed by atoms with van der Waals surface area (Å²) in [7, 11) is 0. The number of hydrogen-bond donors (Lipinski definition) is 2. The monoisotopic (exact) mass is 200 g/mol. The Morgan fingerprint density at radius 3 is 2.00 bits per heavy atom. The molecule has 3 nitrogen and oxygen atoms in total. The van der Waals surface area contributed by atoms with Crippen LogP contribution in [0, 0.1) is 11.8 Å². The molecule has 0 aliphatic heterocycles. The molecule has 0 radical (unpaired) electrons. The molecule has 14 heavy (non-hydrogen) atoms. The predicted molar refractivity (Wildman–Crippen MR) is 59.9 cm³/mol. The van der Waals surface area contributed by atoms with Gasteiger partial charge < -0.3 is 11.1 Å².